The van der Waals surface area contributed by atoms with E-state index in [0.29, 0.717) is 17.6 Å². The number of fused-ring (bicyclic) bond motifs is 12. The summed E-state index contributed by atoms with van der Waals surface area (Å²) in [6.07, 6.45) is 0. The fourth-order valence-electron chi connectivity index (χ4n) is 9.92. The van der Waals surface area contributed by atoms with Crippen molar-refractivity contribution in [3.8, 4) is 45.5 Å². The normalized spacial score (nSPS) is 12.1. The van der Waals surface area contributed by atoms with Crippen LogP contribution >= 0.6 is 22.7 Å². The molecule has 0 saturated heterocycles. The Kier molecular flexibility index (Phi) is 7.66. The fraction of sp³-hybridized carbons (Fsp3) is 0. The van der Waals surface area contributed by atoms with E-state index in [1.54, 1.807) is 11.3 Å². The predicted molar refractivity (Wildman–Crippen MR) is 271 cm³/mol. The summed E-state index contributed by atoms with van der Waals surface area (Å²) in [6.45, 7) is 0. The van der Waals surface area contributed by atoms with Crippen molar-refractivity contribution >= 4 is 107 Å². The van der Waals surface area contributed by atoms with Crippen LogP contribution in [-0.4, -0.2) is 24.1 Å². The second-order valence-corrected chi connectivity index (χ2v) is 18.5. The van der Waals surface area contributed by atoms with E-state index in [1.165, 1.54) is 67.9 Å². The number of nitrogens with zero attached hydrogens (tertiary/aromatic N) is 5. The Morgan fingerprint density at radius 3 is 1.64 bits per heavy atom. The van der Waals surface area contributed by atoms with Crippen LogP contribution in [0.5, 0.6) is 0 Å². The second kappa shape index (κ2) is 13.8. The maximum Gasteiger partial charge on any atom is 0.238 e. The molecule has 7 heteroatoms. The Hall–Kier alpha value is -7.97. The highest BCUT2D eigenvalue weighted by Crippen LogP contribution is 2.43. The monoisotopic (exact) mass is 851 g/mol. The predicted octanol–water partition coefficient (Wildman–Crippen LogP) is 15.8. The summed E-state index contributed by atoms with van der Waals surface area (Å²) < 4.78 is 9.46. The van der Waals surface area contributed by atoms with Crippen molar-refractivity contribution < 1.29 is 0 Å². The van der Waals surface area contributed by atoms with Crippen LogP contribution in [0.25, 0.3) is 129 Å². The van der Waals surface area contributed by atoms with Crippen LogP contribution in [0.15, 0.2) is 200 Å². The van der Waals surface area contributed by atoms with E-state index < -0.39 is 0 Å². The van der Waals surface area contributed by atoms with E-state index in [9.17, 15) is 0 Å². The Bertz CT molecular complexity index is 4160. The number of rotatable bonds is 5. The topological polar surface area (TPSA) is 48.5 Å². The second-order valence-electron chi connectivity index (χ2n) is 16.4. The van der Waals surface area contributed by atoms with Gasteiger partial charge in [-0.2, -0.15) is 9.97 Å². The van der Waals surface area contributed by atoms with Gasteiger partial charge in [0.2, 0.25) is 5.95 Å². The van der Waals surface area contributed by atoms with Gasteiger partial charge in [-0.1, -0.05) is 127 Å². The maximum atomic E-state index is 5.42. The molecule has 5 nitrogen and oxygen atoms in total. The summed E-state index contributed by atoms with van der Waals surface area (Å²) in [5.41, 5.74) is 9.94. The minimum atomic E-state index is 0.592. The van der Waals surface area contributed by atoms with Gasteiger partial charge in [-0.05, 0) is 83.9 Å². The Balaban J connectivity index is 0.985. The van der Waals surface area contributed by atoms with Gasteiger partial charge in [0.1, 0.15) is 0 Å². The van der Waals surface area contributed by atoms with Gasteiger partial charge in [0.25, 0.3) is 0 Å². The van der Waals surface area contributed by atoms with Gasteiger partial charge < -0.3 is 4.57 Å². The van der Waals surface area contributed by atoms with Crippen molar-refractivity contribution in [2.24, 2.45) is 0 Å². The lowest BCUT2D eigenvalue weighted by Crippen LogP contribution is -2.06. The molecule has 5 heterocycles. The molecule has 0 radical (unpaired) electrons. The summed E-state index contributed by atoms with van der Waals surface area (Å²) in [6, 6.07) is 72.0. The summed E-state index contributed by atoms with van der Waals surface area (Å²) in [5.74, 6) is 1.87. The number of aromatic nitrogens is 5. The molecule has 0 amide bonds. The van der Waals surface area contributed by atoms with Crippen molar-refractivity contribution in [3.63, 3.8) is 0 Å². The average Bonchev–Trinajstić information content (AvgIpc) is 4.11. The van der Waals surface area contributed by atoms with Crippen LogP contribution < -0.4 is 0 Å². The molecule has 0 fully saturated rings. The van der Waals surface area contributed by atoms with Crippen LogP contribution in [0, 0.1) is 0 Å². The van der Waals surface area contributed by atoms with E-state index in [-0.39, 0.29) is 0 Å². The van der Waals surface area contributed by atoms with Gasteiger partial charge in [0.15, 0.2) is 11.6 Å². The summed E-state index contributed by atoms with van der Waals surface area (Å²) in [5, 5.41) is 9.65. The van der Waals surface area contributed by atoms with E-state index >= 15 is 0 Å². The number of para-hydroxylation sites is 4. The molecule has 0 spiro atoms. The molecule has 0 bridgehead atoms. The third-order valence-corrected chi connectivity index (χ3v) is 15.1. The molecule has 0 aliphatic carbocycles. The third kappa shape index (κ3) is 5.32. The van der Waals surface area contributed by atoms with Crippen LogP contribution in [0.4, 0.5) is 0 Å². The lowest BCUT2D eigenvalue weighted by Gasteiger charge is -2.12. The third-order valence-electron chi connectivity index (χ3n) is 12.8. The van der Waals surface area contributed by atoms with E-state index in [0.717, 1.165) is 44.0 Å². The molecule has 5 aromatic heterocycles. The Morgan fingerprint density at radius 2 is 0.859 bits per heavy atom. The van der Waals surface area contributed by atoms with Crippen molar-refractivity contribution in [1.82, 2.24) is 24.1 Å². The van der Waals surface area contributed by atoms with Crippen molar-refractivity contribution in [1.29, 1.82) is 0 Å². The Morgan fingerprint density at radius 1 is 0.312 bits per heavy atom. The van der Waals surface area contributed by atoms with Crippen LogP contribution in [0.1, 0.15) is 0 Å². The molecule has 0 aliphatic rings. The van der Waals surface area contributed by atoms with Crippen LogP contribution in [0.3, 0.4) is 0 Å². The van der Waals surface area contributed by atoms with Gasteiger partial charge >= 0.3 is 0 Å². The summed E-state index contributed by atoms with van der Waals surface area (Å²) >= 11 is 3.62. The summed E-state index contributed by atoms with van der Waals surface area (Å²) in [7, 11) is 0. The zero-order valence-electron chi connectivity index (χ0n) is 34.1. The molecular weight excluding hydrogens is 819 g/mol. The molecule has 0 aliphatic heterocycles. The van der Waals surface area contributed by atoms with Gasteiger partial charge in [-0.25, -0.2) is 4.98 Å². The Labute approximate surface area is 374 Å². The lowest BCUT2D eigenvalue weighted by atomic mass is 9.99. The van der Waals surface area contributed by atoms with Crippen LogP contribution in [-0.2, 0) is 0 Å². The number of benzene rings is 9. The van der Waals surface area contributed by atoms with Gasteiger partial charge in [-0.15, -0.1) is 22.7 Å². The largest absolute Gasteiger partial charge is 0.309 e. The van der Waals surface area contributed by atoms with Crippen molar-refractivity contribution in [3.05, 3.63) is 200 Å². The molecule has 9 aromatic carbocycles. The molecule has 298 valence electrons. The number of hydrogen-bond acceptors (Lipinski definition) is 5. The minimum absolute atomic E-state index is 0.592. The highest BCUT2D eigenvalue weighted by Gasteiger charge is 2.21. The SMILES string of the molecule is c1ccc(-n2c3ccccc3c3cc(-c4ccc5sc6cccc(-c7nc(-c8ccc9c(c8)sc8ccccc89)nc(-n8c9ccccc9c9ccccc98)n7)c6c5c4)ccc32)cc1. The smallest absolute Gasteiger partial charge is 0.238 e. The molecule has 0 saturated carbocycles. The number of hydrogen-bond donors (Lipinski definition) is 0. The first kappa shape index (κ1) is 35.6. The highest BCUT2D eigenvalue weighted by atomic mass is 32.1. The zero-order valence-corrected chi connectivity index (χ0v) is 35.7. The first-order valence-corrected chi connectivity index (χ1v) is 23.1. The molecule has 14 rings (SSSR count). The van der Waals surface area contributed by atoms with Crippen molar-refractivity contribution in [2.45, 2.75) is 0 Å². The standard InChI is InChI=1S/C57H33N5S2/c1-2-13-37(14-3-1)61-46-20-8-6-17-40(46)44-31-34(26-29-49(44)61)35-27-30-51-45(32-35)54-43(19-12-24-52(54)63-51)56-58-55(36-25-28-42-41-18-7-11-23-50(41)64-53(42)33-36)59-57(60-56)62-47-21-9-4-15-38(47)39-16-5-10-22-48(39)62/h1-33H. The molecule has 14 aromatic rings. The first-order valence-electron chi connectivity index (χ1n) is 21.4. The first-order chi connectivity index (χ1) is 31.7. The zero-order chi connectivity index (χ0) is 41.9. The van der Waals surface area contributed by atoms with Crippen molar-refractivity contribution in [2.75, 3.05) is 0 Å². The molecule has 0 unspecified atom stereocenters. The fourth-order valence-corrected chi connectivity index (χ4v) is 12.2. The van der Waals surface area contributed by atoms with E-state index in [4.69, 9.17) is 15.0 Å². The average molecular weight is 852 g/mol. The molecule has 64 heavy (non-hydrogen) atoms. The molecular formula is C57H33N5S2. The minimum Gasteiger partial charge on any atom is -0.309 e. The quantitative estimate of drug-likeness (QED) is 0.173. The summed E-state index contributed by atoms with van der Waals surface area (Å²) in [4.78, 5) is 16.1. The van der Waals surface area contributed by atoms with Crippen LogP contribution in [0.2, 0.25) is 0 Å². The van der Waals surface area contributed by atoms with E-state index in [2.05, 4.69) is 209 Å². The van der Waals surface area contributed by atoms with E-state index in [1.807, 2.05) is 11.3 Å². The van der Waals surface area contributed by atoms with Gasteiger partial charge in [0.05, 0.1) is 22.1 Å². The van der Waals surface area contributed by atoms with Gasteiger partial charge in [0, 0.05) is 78.7 Å². The van der Waals surface area contributed by atoms with Gasteiger partial charge in [-0.3, -0.25) is 4.57 Å². The molecule has 0 atom stereocenters. The highest BCUT2D eigenvalue weighted by molar-refractivity contribution is 7.26. The lowest BCUT2D eigenvalue weighted by molar-refractivity contribution is 0.954. The molecule has 0 N–H and O–H groups in total. The maximum absolute atomic E-state index is 5.42. The number of thiophene rings is 2.